The highest BCUT2D eigenvalue weighted by Crippen LogP contribution is 2.46. The van der Waals surface area contributed by atoms with Crippen molar-refractivity contribution >= 4 is 114 Å². The second kappa shape index (κ2) is 9.78. The molecule has 0 unspecified atom stereocenters. The highest BCUT2D eigenvalue weighted by Gasteiger charge is 2.22. The lowest BCUT2D eigenvalue weighted by Crippen LogP contribution is -1.83. The molecule has 6 aromatic heterocycles. The molecule has 57 heavy (non-hydrogen) atoms. The molecule has 3 heteroatoms. The van der Waals surface area contributed by atoms with E-state index in [0.29, 0.717) is 0 Å². The van der Waals surface area contributed by atoms with Crippen molar-refractivity contribution in [1.29, 1.82) is 0 Å². The molecule has 15 aromatic rings. The fourth-order valence-corrected chi connectivity index (χ4v) is 11.1. The lowest BCUT2D eigenvalue weighted by Gasteiger charge is -2.07. The summed E-state index contributed by atoms with van der Waals surface area (Å²) in [6, 6.07) is 66.1. The van der Waals surface area contributed by atoms with Crippen LogP contribution in [0.15, 0.2) is 176 Å². The molecule has 0 aliphatic rings. The fraction of sp³-hybridized carbons (Fsp3) is 0. The highest BCUT2D eigenvalue weighted by molar-refractivity contribution is 6.27. The summed E-state index contributed by atoms with van der Waals surface area (Å²) in [6.07, 6.45) is 0. The summed E-state index contributed by atoms with van der Waals surface area (Å²) in [5.74, 6) is 0. The Hall–Kier alpha value is -7.62. The van der Waals surface area contributed by atoms with Gasteiger partial charge in [-0.1, -0.05) is 109 Å². The average molecular weight is 720 g/mol. The molecule has 0 bridgehead atoms. The molecule has 0 fully saturated rings. The van der Waals surface area contributed by atoms with Gasteiger partial charge in [0, 0.05) is 64.6 Å². The van der Waals surface area contributed by atoms with Gasteiger partial charge < -0.3 is 13.2 Å². The van der Waals surface area contributed by atoms with Crippen LogP contribution in [0.1, 0.15) is 0 Å². The topological polar surface area (TPSA) is 13.2 Å². The maximum atomic E-state index is 2.49. The van der Waals surface area contributed by atoms with Crippen molar-refractivity contribution in [2.24, 2.45) is 0 Å². The van der Waals surface area contributed by atoms with Crippen molar-refractivity contribution in [3.63, 3.8) is 0 Å². The monoisotopic (exact) mass is 719 g/mol. The molecular weight excluding hydrogens is 691 g/mol. The van der Waals surface area contributed by atoms with Crippen LogP contribution in [0.2, 0.25) is 0 Å². The van der Waals surface area contributed by atoms with Gasteiger partial charge in [-0.25, -0.2) is 0 Å². The van der Waals surface area contributed by atoms with Gasteiger partial charge in [0.1, 0.15) is 0 Å². The van der Waals surface area contributed by atoms with Crippen LogP contribution in [-0.2, 0) is 0 Å². The largest absolute Gasteiger partial charge is 0.308 e. The van der Waals surface area contributed by atoms with E-state index in [4.69, 9.17) is 0 Å². The van der Waals surface area contributed by atoms with Gasteiger partial charge >= 0.3 is 0 Å². The Balaban J connectivity index is 0.975. The van der Waals surface area contributed by atoms with E-state index in [-0.39, 0.29) is 0 Å². The minimum Gasteiger partial charge on any atom is -0.308 e. The van der Waals surface area contributed by atoms with E-state index in [1.54, 1.807) is 0 Å². The number of hydrogen-bond acceptors (Lipinski definition) is 0. The van der Waals surface area contributed by atoms with E-state index in [1.807, 2.05) is 0 Å². The van der Waals surface area contributed by atoms with Crippen molar-refractivity contribution in [3.8, 4) is 22.3 Å². The highest BCUT2D eigenvalue weighted by atomic mass is 14.9. The van der Waals surface area contributed by atoms with Crippen LogP contribution < -0.4 is 0 Å². The van der Waals surface area contributed by atoms with Gasteiger partial charge in [0.25, 0.3) is 0 Å². The Kier molecular flexibility index (Phi) is 4.94. The maximum Gasteiger partial charge on any atom is 0.0620 e. The smallest absolute Gasteiger partial charge is 0.0620 e. The van der Waals surface area contributed by atoms with Crippen LogP contribution in [-0.4, -0.2) is 13.2 Å². The second-order valence-electron chi connectivity index (χ2n) is 16.1. The molecule has 9 aromatic carbocycles. The van der Waals surface area contributed by atoms with Gasteiger partial charge in [-0.15, -0.1) is 0 Å². The van der Waals surface area contributed by atoms with E-state index < -0.39 is 0 Å². The van der Waals surface area contributed by atoms with Crippen LogP contribution in [0.4, 0.5) is 0 Å². The van der Waals surface area contributed by atoms with Crippen LogP contribution in [0, 0.1) is 0 Å². The minimum atomic E-state index is 1.23. The van der Waals surface area contributed by atoms with Crippen molar-refractivity contribution in [3.05, 3.63) is 176 Å². The third kappa shape index (κ3) is 3.35. The molecule has 0 N–H and O–H groups in total. The lowest BCUT2D eigenvalue weighted by atomic mass is 9.96. The zero-order chi connectivity index (χ0) is 36.7. The molecule has 15 rings (SSSR count). The number of benzene rings is 9. The summed E-state index contributed by atoms with van der Waals surface area (Å²) in [6.45, 7) is 0. The number of nitrogens with zero attached hydrogens (tertiary/aromatic N) is 3. The first-order valence-electron chi connectivity index (χ1n) is 19.9. The summed E-state index contributed by atoms with van der Waals surface area (Å²) in [5.41, 5.74) is 16.4. The first-order valence-corrected chi connectivity index (χ1v) is 19.9. The van der Waals surface area contributed by atoms with E-state index in [1.165, 1.54) is 137 Å². The van der Waals surface area contributed by atoms with E-state index in [9.17, 15) is 0 Å². The van der Waals surface area contributed by atoms with E-state index >= 15 is 0 Å². The normalized spacial score (nSPS) is 12.9. The maximum absolute atomic E-state index is 2.49. The van der Waals surface area contributed by atoms with Gasteiger partial charge in [-0.05, 0) is 89.0 Å². The predicted molar refractivity (Wildman–Crippen MR) is 241 cm³/mol. The molecular formula is C54H29N3. The fourth-order valence-electron chi connectivity index (χ4n) is 11.1. The third-order valence-corrected chi connectivity index (χ3v) is 13.4. The number of aromatic nitrogens is 3. The lowest BCUT2D eigenvalue weighted by molar-refractivity contribution is 1.37. The number of hydrogen-bond donors (Lipinski definition) is 0. The van der Waals surface area contributed by atoms with Crippen molar-refractivity contribution in [1.82, 2.24) is 13.2 Å². The summed E-state index contributed by atoms with van der Waals surface area (Å²) >= 11 is 0. The zero-order valence-corrected chi connectivity index (χ0v) is 30.6. The van der Waals surface area contributed by atoms with E-state index in [0.717, 1.165) is 0 Å². The molecule has 0 radical (unpaired) electrons. The molecule has 0 amide bonds. The van der Waals surface area contributed by atoms with Gasteiger partial charge in [0.2, 0.25) is 0 Å². The summed E-state index contributed by atoms with van der Waals surface area (Å²) in [7, 11) is 0. The first-order chi connectivity index (χ1) is 28.3. The number of rotatable bonds is 2. The van der Waals surface area contributed by atoms with Gasteiger partial charge in [0.05, 0.1) is 49.7 Å². The molecule has 0 spiro atoms. The van der Waals surface area contributed by atoms with Crippen LogP contribution in [0.25, 0.3) is 137 Å². The minimum absolute atomic E-state index is 1.23. The quantitative estimate of drug-likeness (QED) is 0.169. The first kappa shape index (κ1) is 28.8. The Bertz CT molecular complexity index is 4210. The Morgan fingerprint density at radius 3 is 0.930 bits per heavy atom. The summed E-state index contributed by atoms with van der Waals surface area (Å²) in [4.78, 5) is 0. The molecule has 0 aliphatic heterocycles. The molecule has 260 valence electrons. The summed E-state index contributed by atoms with van der Waals surface area (Å²) < 4.78 is 7.42. The average Bonchev–Trinajstić information content (AvgIpc) is 4.10. The van der Waals surface area contributed by atoms with Crippen molar-refractivity contribution in [2.75, 3.05) is 0 Å². The van der Waals surface area contributed by atoms with Gasteiger partial charge in [-0.3, -0.25) is 0 Å². The number of para-hydroxylation sites is 5. The molecule has 3 nitrogen and oxygen atoms in total. The SMILES string of the molecule is c1ccc2c(c1)c1cccc3c4cc(-c5ccc6c(c5)c5cc(-c7ccc8c(c7)c7cccc9c%10ccccc%10n8c97)cc7c8ccccc8n6c75)ccc4n2c13. The van der Waals surface area contributed by atoms with Crippen molar-refractivity contribution < 1.29 is 0 Å². The third-order valence-electron chi connectivity index (χ3n) is 13.4. The predicted octanol–water partition coefficient (Wildman–Crippen LogP) is 14.5. The Morgan fingerprint density at radius 1 is 0.193 bits per heavy atom. The van der Waals surface area contributed by atoms with Crippen molar-refractivity contribution in [2.45, 2.75) is 0 Å². The Labute approximate surface area is 324 Å². The van der Waals surface area contributed by atoms with Crippen LogP contribution in [0.3, 0.4) is 0 Å². The molecule has 6 heterocycles. The molecule has 0 aliphatic carbocycles. The summed E-state index contributed by atoms with van der Waals surface area (Å²) in [5, 5.41) is 15.7. The van der Waals surface area contributed by atoms with Crippen LogP contribution >= 0.6 is 0 Å². The molecule has 0 saturated carbocycles. The zero-order valence-electron chi connectivity index (χ0n) is 30.6. The van der Waals surface area contributed by atoms with Gasteiger partial charge in [0.15, 0.2) is 0 Å². The van der Waals surface area contributed by atoms with Crippen LogP contribution in [0.5, 0.6) is 0 Å². The van der Waals surface area contributed by atoms with Gasteiger partial charge in [-0.2, -0.15) is 0 Å². The standard InChI is InChI=1S/C54H29N3/c1-4-16-46-34(9-1)37-12-7-14-39-41-25-30(19-22-49(41)55(46)52(37)39)31-20-23-51-43(26-31)45-29-33(28-44-36-11-3-6-18-48(36)57(51)54(44)45)32-21-24-50-42(27-32)40-15-8-13-38-35-10-2-5-17-47(35)56(50)53(38)40/h1-29H. The second-order valence-corrected chi connectivity index (χ2v) is 16.1. The molecule has 0 saturated heterocycles. The Morgan fingerprint density at radius 2 is 0.474 bits per heavy atom. The van der Waals surface area contributed by atoms with E-state index in [2.05, 4.69) is 189 Å². The molecule has 0 atom stereocenters. The number of fused-ring (bicyclic) bond motifs is 18.